The van der Waals surface area contributed by atoms with E-state index in [1.54, 1.807) is 19.1 Å². The number of piperidine rings is 1. The average Bonchev–Trinajstić information content (AvgIpc) is 2.49. The third-order valence-corrected chi connectivity index (χ3v) is 4.36. The number of aryl methyl sites for hydroxylation is 1. The molecule has 1 aliphatic heterocycles. The van der Waals surface area contributed by atoms with Gasteiger partial charge in [-0.2, -0.15) is 0 Å². The van der Waals surface area contributed by atoms with Crippen LogP contribution in [0.2, 0.25) is 0 Å². The van der Waals surface area contributed by atoms with Gasteiger partial charge >= 0.3 is 0 Å². The number of nitrogens with zero attached hydrogens (tertiary/aromatic N) is 3. The summed E-state index contributed by atoms with van der Waals surface area (Å²) in [6.07, 6.45) is 0.164. The van der Waals surface area contributed by atoms with Crippen LogP contribution in [0.5, 0.6) is 0 Å². The molecule has 0 unspecified atom stereocenters. The minimum atomic E-state index is -2.80. The molecule has 1 aliphatic rings. The van der Waals surface area contributed by atoms with Crippen LogP contribution in [-0.4, -0.2) is 34.3 Å². The van der Waals surface area contributed by atoms with Gasteiger partial charge in [0.1, 0.15) is 0 Å². The van der Waals surface area contributed by atoms with Gasteiger partial charge in [-0.05, 0) is 38.0 Å². The highest BCUT2D eigenvalue weighted by molar-refractivity contribution is 6.05. The highest BCUT2D eigenvalue weighted by Crippen LogP contribution is 2.29. The number of rotatable bonds is 2. The number of hydrogen-bond donors (Lipinski definition) is 0. The topological polar surface area (TPSA) is 55.2 Å². The van der Waals surface area contributed by atoms with Crippen LogP contribution < -0.4 is 10.5 Å². The van der Waals surface area contributed by atoms with E-state index in [2.05, 4.69) is 4.98 Å². The van der Waals surface area contributed by atoms with E-state index in [0.29, 0.717) is 23.9 Å². The number of Topliss-reactive ketones (excluding diaryl/α,β-unsaturated/α-hetero) is 1. The van der Waals surface area contributed by atoms with E-state index in [1.165, 1.54) is 23.4 Å². The number of aromatic nitrogens is 2. The lowest BCUT2D eigenvalue weighted by Crippen LogP contribution is -2.45. The number of ketones is 1. The van der Waals surface area contributed by atoms with Gasteiger partial charge in [0.15, 0.2) is 5.78 Å². The standard InChI is InChI=1S/C17H19F2N3O2/c1-10-7-12(11(2)23)14-13(8-10)15(24)21(3)16(20-14)22-6-4-5-17(18,19)9-22/h7-8H,4-6,9H2,1-3H3. The van der Waals surface area contributed by atoms with E-state index in [9.17, 15) is 18.4 Å². The van der Waals surface area contributed by atoms with Crippen LogP contribution >= 0.6 is 0 Å². The highest BCUT2D eigenvalue weighted by atomic mass is 19.3. The van der Waals surface area contributed by atoms with Crippen molar-refractivity contribution in [2.45, 2.75) is 32.6 Å². The molecule has 2 heterocycles. The Balaban J connectivity index is 2.25. The molecule has 0 atom stereocenters. The van der Waals surface area contributed by atoms with Crippen LogP contribution in [0, 0.1) is 6.92 Å². The Hall–Kier alpha value is -2.31. The van der Waals surface area contributed by atoms with Crippen molar-refractivity contribution in [2.24, 2.45) is 7.05 Å². The van der Waals surface area contributed by atoms with Gasteiger partial charge in [-0.15, -0.1) is 0 Å². The van der Waals surface area contributed by atoms with Crippen LogP contribution in [0.3, 0.4) is 0 Å². The zero-order chi connectivity index (χ0) is 17.6. The fourth-order valence-corrected chi connectivity index (χ4v) is 3.20. The Kier molecular flexibility index (Phi) is 3.89. The average molecular weight is 335 g/mol. The van der Waals surface area contributed by atoms with Gasteiger partial charge in [0.25, 0.3) is 11.5 Å². The van der Waals surface area contributed by atoms with Crippen molar-refractivity contribution in [3.63, 3.8) is 0 Å². The Labute approximate surface area is 137 Å². The fraction of sp³-hybridized carbons (Fsp3) is 0.471. The van der Waals surface area contributed by atoms with Crippen LogP contribution in [-0.2, 0) is 7.05 Å². The zero-order valence-corrected chi connectivity index (χ0v) is 13.9. The summed E-state index contributed by atoms with van der Waals surface area (Å²) in [7, 11) is 1.52. The Morgan fingerprint density at radius 3 is 2.67 bits per heavy atom. The minimum absolute atomic E-state index is 0.164. The number of fused-ring (bicyclic) bond motifs is 1. The molecular formula is C17H19F2N3O2. The molecule has 0 amide bonds. The molecule has 128 valence electrons. The maximum atomic E-state index is 13.7. The number of halogens is 2. The Morgan fingerprint density at radius 1 is 1.33 bits per heavy atom. The predicted molar refractivity (Wildman–Crippen MR) is 88.1 cm³/mol. The van der Waals surface area contributed by atoms with Crippen molar-refractivity contribution < 1.29 is 13.6 Å². The van der Waals surface area contributed by atoms with E-state index in [1.807, 2.05) is 0 Å². The lowest BCUT2D eigenvalue weighted by molar-refractivity contribution is -0.0122. The van der Waals surface area contributed by atoms with Crippen LogP contribution in [0.4, 0.5) is 14.7 Å². The van der Waals surface area contributed by atoms with Crippen molar-refractivity contribution in [3.8, 4) is 0 Å². The highest BCUT2D eigenvalue weighted by Gasteiger charge is 2.36. The molecule has 0 saturated carbocycles. The number of carbonyl (C=O) groups is 1. The van der Waals surface area contributed by atoms with Crippen molar-refractivity contribution in [1.29, 1.82) is 0 Å². The molecule has 1 saturated heterocycles. The SMILES string of the molecule is CC(=O)c1cc(C)cc2c(=O)n(C)c(N3CCCC(F)(F)C3)nc12. The number of anilines is 1. The monoisotopic (exact) mass is 335 g/mol. The first kappa shape index (κ1) is 16.5. The molecule has 5 nitrogen and oxygen atoms in total. The van der Waals surface area contributed by atoms with E-state index in [-0.39, 0.29) is 29.2 Å². The lowest BCUT2D eigenvalue weighted by atomic mass is 10.0. The number of alkyl halides is 2. The summed E-state index contributed by atoms with van der Waals surface area (Å²) in [5.74, 6) is -2.83. The van der Waals surface area contributed by atoms with Crippen molar-refractivity contribution in [1.82, 2.24) is 9.55 Å². The molecule has 0 aliphatic carbocycles. The first-order valence-electron chi connectivity index (χ1n) is 7.85. The summed E-state index contributed by atoms with van der Waals surface area (Å²) in [5, 5.41) is 0.329. The van der Waals surface area contributed by atoms with E-state index in [4.69, 9.17) is 0 Å². The molecule has 0 radical (unpaired) electrons. The van der Waals surface area contributed by atoms with Gasteiger partial charge in [0, 0.05) is 25.6 Å². The van der Waals surface area contributed by atoms with Crippen LogP contribution in [0.1, 0.15) is 35.7 Å². The van der Waals surface area contributed by atoms with E-state index in [0.717, 1.165) is 5.56 Å². The summed E-state index contributed by atoms with van der Waals surface area (Å²) in [6.45, 7) is 3.13. The van der Waals surface area contributed by atoms with Gasteiger partial charge in [-0.3, -0.25) is 14.2 Å². The van der Waals surface area contributed by atoms with Crippen molar-refractivity contribution >= 4 is 22.6 Å². The summed E-state index contributed by atoms with van der Waals surface area (Å²) in [6, 6.07) is 3.34. The fourth-order valence-electron chi connectivity index (χ4n) is 3.20. The second-order valence-corrected chi connectivity index (χ2v) is 6.42. The summed E-state index contributed by atoms with van der Waals surface area (Å²) in [4.78, 5) is 30.4. The maximum Gasteiger partial charge on any atom is 0.265 e. The molecular weight excluding hydrogens is 316 g/mol. The predicted octanol–water partition coefficient (Wildman–Crippen LogP) is 2.68. The summed E-state index contributed by atoms with van der Waals surface area (Å²) < 4.78 is 28.8. The molecule has 1 fully saturated rings. The largest absolute Gasteiger partial charge is 0.336 e. The number of carbonyl (C=O) groups excluding carboxylic acids is 1. The molecule has 1 aromatic heterocycles. The second kappa shape index (κ2) is 5.65. The van der Waals surface area contributed by atoms with Crippen LogP contribution in [0.25, 0.3) is 10.9 Å². The molecule has 3 rings (SSSR count). The molecule has 0 N–H and O–H groups in total. The maximum absolute atomic E-state index is 13.7. The van der Waals surface area contributed by atoms with Crippen molar-refractivity contribution in [3.05, 3.63) is 33.6 Å². The third-order valence-electron chi connectivity index (χ3n) is 4.36. The Bertz CT molecular complexity index is 890. The number of hydrogen-bond acceptors (Lipinski definition) is 4. The van der Waals surface area contributed by atoms with Gasteiger partial charge < -0.3 is 4.90 Å². The van der Waals surface area contributed by atoms with E-state index >= 15 is 0 Å². The molecule has 0 spiro atoms. The molecule has 2 aromatic rings. The van der Waals surface area contributed by atoms with Crippen molar-refractivity contribution in [2.75, 3.05) is 18.0 Å². The number of benzene rings is 1. The summed E-state index contributed by atoms with van der Waals surface area (Å²) in [5.41, 5.74) is 1.06. The summed E-state index contributed by atoms with van der Waals surface area (Å²) >= 11 is 0. The van der Waals surface area contributed by atoms with Gasteiger partial charge in [0.05, 0.1) is 17.4 Å². The van der Waals surface area contributed by atoms with Gasteiger partial charge in [0.2, 0.25) is 5.95 Å². The normalized spacial score (nSPS) is 17.3. The van der Waals surface area contributed by atoms with Gasteiger partial charge in [-0.1, -0.05) is 0 Å². The zero-order valence-electron chi connectivity index (χ0n) is 13.9. The second-order valence-electron chi connectivity index (χ2n) is 6.42. The van der Waals surface area contributed by atoms with Gasteiger partial charge in [-0.25, -0.2) is 13.8 Å². The Morgan fingerprint density at radius 2 is 2.04 bits per heavy atom. The molecule has 0 bridgehead atoms. The minimum Gasteiger partial charge on any atom is -0.336 e. The molecule has 24 heavy (non-hydrogen) atoms. The van der Waals surface area contributed by atoms with E-state index < -0.39 is 12.5 Å². The quantitative estimate of drug-likeness (QED) is 0.792. The van der Waals surface area contributed by atoms with Crippen LogP contribution in [0.15, 0.2) is 16.9 Å². The third kappa shape index (κ3) is 2.79. The first-order valence-corrected chi connectivity index (χ1v) is 7.85. The smallest absolute Gasteiger partial charge is 0.265 e. The molecule has 7 heteroatoms. The molecule has 1 aromatic carbocycles. The lowest BCUT2D eigenvalue weighted by Gasteiger charge is -2.34. The first-order chi connectivity index (χ1) is 11.2.